The number of hydrogen-bond acceptors (Lipinski definition) is 1. The highest BCUT2D eigenvalue weighted by atomic mass is 79.9. The largest absolute Gasteiger partial charge is 0.339 e. The molecule has 3 heteroatoms. The molecule has 0 unspecified atom stereocenters. The third-order valence-electron chi connectivity index (χ3n) is 4.41. The molecular formula is C18H26BrNO. The summed E-state index contributed by atoms with van der Waals surface area (Å²) in [6.45, 7) is 2.94. The van der Waals surface area contributed by atoms with Crippen molar-refractivity contribution in [3.8, 4) is 0 Å². The van der Waals surface area contributed by atoms with Gasteiger partial charge in [-0.2, -0.15) is 0 Å². The molecule has 0 spiro atoms. The molecule has 1 aromatic rings. The molecule has 2 rings (SSSR count). The molecule has 0 bridgehead atoms. The summed E-state index contributed by atoms with van der Waals surface area (Å²) in [5.74, 6) is 0.321. The van der Waals surface area contributed by atoms with E-state index in [1.807, 2.05) is 0 Å². The lowest BCUT2D eigenvalue weighted by Gasteiger charge is -2.34. The van der Waals surface area contributed by atoms with E-state index in [0.717, 1.165) is 18.3 Å². The van der Waals surface area contributed by atoms with E-state index in [4.69, 9.17) is 0 Å². The van der Waals surface area contributed by atoms with Crippen molar-refractivity contribution in [1.29, 1.82) is 0 Å². The first-order valence-electron chi connectivity index (χ1n) is 8.11. The van der Waals surface area contributed by atoms with E-state index >= 15 is 0 Å². The minimum atomic E-state index is 0.321. The third kappa shape index (κ3) is 5.14. The number of alkyl halides is 1. The maximum absolute atomic E-state index is 12.6. The van der Waals surface area contributed by atoms with Crippen molar-refractivity contribution in [2.24, 2.45) is 0 Å². The van der Waals surface area contributed by atoms with Gasteiger partial charge in [0.1, 0.15) is 0 Å². The molecule has 1 amide bonds. The van der Waals surface area contributed by atoms with Crippen molar-refractivity contribution >= 4 is 21.8 Å². The van der Waals surface area contributed by atoms with Crippen LogP contribution in [0.1, 0.15) is 49.7 Å². The van der Waals surface area contributed by atoms with E-state index in [-0.39, 0.29) is 0 Å². The number of nitrogens with zero attached hydrogens (tertiary/aromatic N) is 1. The molecule has 21 heavy (non-hydrogen) atoms. The molecule has 1 fully saturated rings. The van der Waals surface area contributed by atoms with Gasteiger partial charge in [-0.05, 0) is 31.7 Å². The normalized spacial score (nSPS) is 15.9. The number of hydrogen-bond donors (Lipinski definition) is 0. The van der Waals surface area contributed by atoms with Gasteiger partial charge < -0.3 is 4.90 Å². The van der Waals surface area contributed by atoms with Crippen molar-refractivity contribution in [3.05, 3.63) is 35.4 Å². The predicted octanol–water partition coefficient (Wildman–Crippen LogP) is 4.48. The maximum Gasteiger partial charge on any atom is 0.223 e. The number of aryl methyl sites for hydroxylation is 2. The number of carbonyl (C=O) groups is 1. The van der Waals surface area contributed by atoms with Gasteiger partial charge in [0.25, 0.3) is 0 Å². The second-order valence-electron chi connectivity index (χ2n) is 6.05. The molecular weight excluding hydrogens is 326 g/mol. The topological polar surface area (TPSA) is 20.3 Å². The summed E-state index contributed by atoms with van der Waals surface area (Å²) in [5, 5.41) is 0.875. The molecule has 2 nitrogen and oxygen atoms in total. The second-order valence-corrected chi connectivity index (χ2v) is 6.85. The fourth-order valence-electron chi connectivity index (χ4n) is 3.14. The SMILES string of the molecule is Cc1ccc(CCC(=O)N(CCBr)C2CCCCC2)cc1. The second kappa shape index (κ2) is 8.57. The molecule has 116 valence electrons. The van der Waals surface area contributed by atoms with Gasteiger partial charge in [0.15, 0.2) is 0 Å². The van der Waals surface area contributed by atoms with E-state index in [1.165, 1.54) is 43.2 Å². The lowest BCUT2D eigenvalue weighted by molar-refractivity contribution is -0.133. The fraction of sp³-hybridized carbons (Fsp3) is 0.611. The van der Waals surface area contributed by atoms with Gasteiger partial charge in [0.05, 0.1) is 0 Å². The Morgan fingerprint density at radius 1 is 1.19 bits per heavy atom. The Hall–Kier alpha value is -0.830. The van der Waals surface area contributed by atoms with E-state index in [0.29, 0.717) is 18.4 Å². The fourth-order valence-corrected chi connectivity index (χ4v) is 3.53. The van der Waals surface area contributed by atoms with Gasteiger partial charge in [-0.15, -0.1) is 0 Å². The summed E-state index contributed by atoms with van der Waals surface area (Å²) in [6, 6.07) is 8.99. The Morgan fingerprint density at radius 3 is 2.48 bits per heavy atom. The first-order chi connectivity index (χ1) is 10.2. The van der Waals surface area contributed by atoms with Crippen molar-refractivity contribution in [1.82, 2.24) is 4.90 Å². The van der Waals surface area contributed by atoms with Crippen LogP contribution in [0.15, 0.2) is 24.3 Å². The number of carbonyl (C=O) groups excluding carboxylic acids is 1. The molecule has 0 aliphatic heterocycles. The zero-order valence-corrected chi connectivity index (χ0v) is 14.6. The molecule has 0 atom stereocenters. The van der Waals surface area contributed by atoms with Gasteiger partial charge >= 0.3 is 0 Å². The molecule has 0 radical (unpaired) electrons. The van der Waals surface area contributed by atoms with Crippen molar-refractivity contribution < 1.29 is 4.79 Å². The summed E-state index contributed by atoms with van der Waals surface area (Å²) in [7, 11) is 0. The van der Waals surface area contributed by atoms with Gasteiger partial charge in [0.2, 0.25) is 5.91 Å². The van der Waals surface area contributed by atoms with Crippen molar-refractivity contribution in [2.75, 3.05) is 11.9 Å². The van der Waals surface area contributed by atoms with Crippen LogP contribution in [-0.2, 0) is 11.2 Å². The maximum atomic E-state index is 12.6. The Balaban J connectivity index is 1.89. The van der Waals surface area contributed by atoms with Crippen LogP contribution >= 0.6 is 15.9 Å². The zero-order valence-electron chi connectivity index (χ0n) is 13.0. The minimum Gasteiger partial charge on any atom is -0.339 e. The van der Waals surface area contributed by atoms with Crippen LogP contribution in [0.3, 0.4) is 0 Å². The van der Waals surface area contributed by atoms with Gasteiger partial charge in [-0.25, -0.2) is 0 Å². The van der Waals surface area contributed by atoms with Gasteiger partial charge in [0, 0.05) is 24.3 Å². The quantitative estimate of drug-likeness (QED) is 0.691. The number of benzene rings is 1. The number of halogens is 1. The molecule has 1 aliphatic carbocycles. The van der Waals surface area contributed by atoms with Crippen LogP contribution in [0, 0.1) is 6.92 Å². The van der Waals surface area contributed by atoms with E-state index in [9.17, 15) is 4.79 Å². The molecule has 0 saturated heterocycles. The minimum absolute atomic E-state index is 0.321. The zero-order chi connectivity index (χ0) is 15.1. The first kappa shape index (κ1) is 16.5. The van der Waals surface area contributed by atoms with Crippen LogP contribution < -0.4 is 0 Å². The van der Waals surface area contributed by atoms with Crippen LogP contribution in [0.4, 0.5) is 0 Å². The first-order valence-corrected chi connectivity index (χ1v) is 9.24. The summed E-state index contributed by atoms with van der Waals surface area (Å²) in [4.78, 5) is 14.7. The third-order valence-corrected chi connectivity index (χ3v) is 4.76. The van der Waals surface area contributed by atoms with E-state index in [2.05, 4.69) is 52.0 Å². The Bertz CT molecular complexity index is 437. The molecule has 1 aromatic carbocycles. The average Bonchev–Trinajstić information content (AvgIpc) is 2.52. The predicted molar refractivity (Wildman–Crippen MR) is 91.9 cm³/mol. The molecule has 1 saturated carbocycles. The van der Waals surface area contributed by atoms with Gasteiger partial charge in [-0.3, -0.25) is 4.79 Å². The van der Waals surface area contributed by atoms with Gasteiger partial charge in [-0.1, -0.05) is 65.0 Å². The monoisotopic (exact) mass is 351 g/mol. The molecule has 0 aromatic heterocycles. The van der Waals surface area contributed by atoms with Crippen LogP contribution in [-0.4, -0.2) is 28.7 Å². The highest BCUT2D eigenvalue weighted by Gasteiger charge is 2.24. The Kier molecular flexibility index (Phi) is 6.75. The van der Waals surface area contributed by atoms with Crippen LogP contribution in [0.5, 0.6) is 0 Å². The van der Waals surface area contributed by atoms with E-state index < -0.39 is 0 Å². The molecule has 1 aliphatic rings. The summed E-state index contributed by atoms with van der Waals surface area (Å²) in [5.41, 5.74) is 2.53. The summed E-state index contributed by atoms with van der Waals surface area (Å²) in [6.07, 6.45) is 7.73. The van der Waals surface area contributed by atoms with Crippen LogP contribution in [0.2, 0.25) is 0 Å². The molecule has 0 N–H and O–H groups in total. The smallest absolute Gasteiger partial charge is 0.223 e. The van der Waals surface area contributed by atoms with E-state index in [1.54, 1.807) is 0 Å². The summed E-state index contributed by atoms with van der Waals surface area (Å²) >= 11 is 3.50. The van der Waals surface area contributed by atoms with Crippen LogP contribution in [0.25, 0.3) is 0 Å². The standard InChI is InChI=1S/C18H26BrNO/c1-15-7-9-16(10-8-15)11-12-18(21)20(14-13-19)17-5-3-2-4-6-17/h7-10,17H,2-6,11-14H2,1H3. The lowest BCUT2D eigenvalue weighted by Crippen LogP contribution is -2.42. The Morgan fingerprint density at radius 2 is 1.86 bits per heavy atom. The Labute approximate surface area is 137 Å². The van der Waals surface area contributed by atoms with Crippen molar-refractivity contribution in [2.45, 2.75) is 57.9 Å². The number of amides is 1. The average molecular weight is 352 g/mol. The lowest BCUT2D eigenvalue weighted by atomic mass is 9.94. The summed E-state index contributed by atoms with van der Waals surface area (Å²) < 4.78 is 0. The molecule has 0 heterocycles. The highest BCUT2D eigenvalue weighted by Crippen LogP contribution is 2.23. The highest BCUT2D eigenvalue weighted by molar-refractivity contribution is 9.09. The van der Waals surface area contributed by atoms with Crippen molar-refractivity contribution in [3.63, 3.8) is 0 Å². The number of rotatable bonds is 6.